The number of imidazole rings is 1. The zero-order valence-electron chi connectivity index (χ0n) is 13.0. The first kappa shape index (κ1) is 14.3. The first-order valence-corrected chi connectivity index (χ1v) is 7.23. The maximum Gasteiger partial charge on any atom is 0.357 e. The fourth-order valence-corrected chi connectivity index (χ4v) is 2.49. The van der Waals surface area contributed by atoms with E-state index in [-0.39, 0.29) is 12.6 Å². The third-order valence-corrected chi connectivity index (χ3v) is 3.77. The number of ether oxygens (including phenoxy) is 1. The summed E-state index contributed by atoms with van der Waals surface area (Å²) >= 11 is 0. The number of esters is 1. The van der Waals surface area contributed by atoms with E-state index in [4.69, 9.17) is 4.74 Å². The number of carbonyl (C=O) groups excluding carboxylic acids is 1. The summed E-state index contributed by atoms with van der Waals surface area (Å²) in [4.78, 5) is 16.9. The lowest BCUT2D eigenvalue weighted by atomic mass is 10.1. The van der Waals surface area contributed by atoms with E-state index < -0.39 is 0 Å². The van der Waals surface area contributed by atoms with E-state index in [1.165, 1.54) is 0 Å². The minimum atomic E-state index is -0.350. The number of hydrogen-bond donors (Lipinski definition) is 0. The highest BCUT2D eigenvalue weighted by Crippen LogP contribution is 2.16. The molecule has 0 aliphatic heterocycles. The van der Waals surface area contributed by atoms with Gasteiger partial charge in [-0.2, -0.15) is 0 Å². The van der Waals surface area contributed by atoms with Gasteiger partial charge in [0.25, 0.3) is 0 Å². The van der Waals surface area contributed by atoms with Crippen molar-refractivity contribution in [2.24, 2.45) is 0 Å². The molecular formula is C18H18N2O2. The van der Waals surface area contributed by atoms with Crippen LogP contribution in [-0.2, 0) is 11.3 Å². The van der Waals surface area contributed by atoms with Crippen LogP contribution >= 0.6 is 0 Å². The first-order chi connectivity index (χ1) is 10.6. The Morgan fingerprint density at radius 1 is 1.18 bits per heavy atom. The molecule has 0 bridgehead atoms. The molecule has 0 N–H and O–H groups in total. The lowest BCUT2D eigenvalue weighted by Gasteiger charge is -2.08. The highest BCUT2D eigenvalue weighted by molar-refractivity contribution is 5.90. The molecule has 0 aliphatic carbocycles. The monoisotopic (exact) mass is 294 g/mol. The van der Waals surface area contributed by atoms with Gasteiger partial charge in [0.05, 0.1) is 5.69 Å². The quantitative estimate of drug-likeness (QED) is 0.693. The van der Waals surface area contributed by atoms with Gasteiger partial charge in [0.2, 0.25) is 0 Å². The summed E-state index contributed by atoms with van der Waals surface area (Å²) in [6.07, 6.45) is 1.86. The average molecular weight is 294 g/mol. The molecule has 2 heterocycles. The molecule has 22 heavy (non-hydrogen) atoms. The van der Waals surface area contributed by atoms with Crippen LogP contribution in [0.1, 0.15) is 32.9 Å². The van der Waals surface area contributed by atoms with Crippen LogP contribution in [0, 0.1) is 20.8 Å². The predicted molar refractivity (Wildman–Crippen MR) is 85.0 cm³/mol. The smallest absolute Gasteiger partial charge is 0.357 e. The molecule has 2 aromatic heterocycles. The lowest BCUT2D eigenvalue weighted by molar-refractivity contribution is 0.0463. The summed E-state index contributed by atoms with van der Waals surface area (Å²) < 4.78 is 7.25. The Kier molecular flexibility index (Phi) is 3.67. The van der Waals surface area contributed by atoms with E-state index in [2.05, 4.69) is 4.98 Å². The largest absolute Gasteiger partial charge is 0.456 e. The molecule has 0 saturated heterocycles. The normalized spacial score (nSPS) is 10.9. The zero-order valence-corrected chi connectivity index (χ0v) is 13.0. The second-order valence-corrected chi connectivity index (χ2v) is 5.48. The highest BCUT2D eigenvalue weighted by atomic mass is 16.5. The van der Waals surface area contributed by atoms with Gasteiger partial charge in [-0.1, -0.05) is 24.3 Å². The average Bonchev–Trinajstić information content (AvgIpc) is 2.81. The van der Waals surface area contributed by atoms with Crippen molar-refractivity contribution in [3.63, 3.8) is 0 Å². The van der Waals surface area contributed by atoms with Crippen molar-refractivity contribution < 1.29 is 9.53 Å². The SMILES string of the molecule is Cc1ccn2c(C(=O)OCc3ccccc3C)c(C)nc2c1. The zero-order chi connectivity index (χ0) is 15.7. The molecule has 112 valence electrons. The Balaban J connectivity index is 1.86. The van der Waals surface area contributed by atoms with Gasteiger partial charge in [-0.05, 0) is 49.6 Å². The van der Waals surface area contributed by atoms with E-state index in [0.29, 0.717) is 11.4 Å². The molecule has 4 heteroatoms. The Labute approximate surface area is 129 Å². The van der Waals surface area contributed by atoms with Crippen molar-refractivity contribution in [2.45, 2.75) is 27.4 Å². The molecule has 0 amide bonds. The van der Waals surface area contributed by atoms with Crippen LogP contribution in [0.2, 0.25) is 0 Å². The molecule has 0 radical (unpaired) electrons. The molecular weight excluding hydrogens is 276 g/mol. The number of hydrogen-bond acceptors (Lipinski definition) is 3. The van der Waals surface area contributed by atoms with Crippen LogP contribution in [0.15, 0.2) is 42.6 Å². The molecule has 0 unspecified atom stereocenters. The highest BCUT2D eigenvalue weighted by Gasteiger charge is 2.18. The maximum atomic E-state index is 12.4. The van der Waals surface area contributed by atoms with Crippen LogP contribution in [0.5, 0.6) is 0 Å². The third-order valence-electron chi connectivity index (χ3n) is 3.77. The summed E-state index contributed by atoms with van der Waals surface area (Å²) in [5, 5.41) is 0. The van der Waals surface area contributed by atoms with Crippen molar-refractivity contribution in [3.05, 3.63) is 70.7 Å². The number of rotatable bonds is 3. The van der Waals surface area contributed by atoms with Gasteiger partial charge < -0.3 is 4.74 Å². The lowest BCUT2D eigenvalue weighted by Crippen LogP contribution is -2.10. The fraction of sp³-hybridized carbons (Fsp3) is 0.222. The summed E-state index contributed by atoms with van der Waals surface area (Å²) in [7, 11) is 0. The fourth-order valence-electron chi connectivity index (χ4n) is 2.49. The van der Waals surface area contributed by atoms with E-state index in [0.717, 1.165) is 22.3 Å². The van der Waals surface area contributed by atoms with Gasteiger partial charge in [-0.3, -0.25) is 4.40 Å². The van der Waals surface area contributed by atoms with Gasteiger partial charge in [0.1, 0.15) is 12.3 Å². The van der Waals surface area contributed by atoms with Crippen LogP contribution in [0.3, 0.4) is 0 Å². The van der Waals surface area contributed by atoms with Crippen molar-refractivity contribution >= 4 is 11.6 Å². The number of aromatic nitrogens is 2. The van der Waals surface area contributed by atoms with Gasteiger partial charge in [-0.25, -0.2) is 9.78 Å². The van der Waals surface area contributed by atoms with E-state index in [9.17, 15) is 4.79 Å². The molecule has 0 atom stereocenters. The van der Waals surface area contributed by atoms with Gasteiger partial charge in [0, 0.05) is 6.20 Å². The van der Waals surface area contributed by atoms with Crippen LogP contribution in [0.4, 0.5) is 0 Å². The topological polar surface area (TPSA) is 43.6 Å². The Hall–Kier alpha value is -2.62. The first-order valence-electron chi connectivity index (χ1n) is 7.23. The second kappa shape index (κ2) is 5.64. The Morgan fingerprint density at radius 2 is 1.95 bits per heavy atom. The molecule has 0 aliphatic rings. The number of aryl methyl sites for hydroxylation is 3. The van der Waals surface area contributed by atoms with Crippen LogP contribution < -0.4 is 0 Å². The number of benzene rings is 1. The van der Waals surface area contributed by atoms with E-state index in [1.807, 2.05) is 63.4 Å². The number of nitrogens with zero attached hydrogens (tertiary/aromatic N) is 2. The minimum Gasteiger partial charge on any atom is -0.456 e. The molecule has 0 spiro atoms. The number of pyridine rings is 1. The third kappa shape index (κ3) is 2.60. The van der Waals surface area contributed by atoms with Gasteiger partial charge in [0.15, 0.2) is 5.69 Å². The summed E-state index contributed by atoms with van der Waals surface area (Å²) in [6, 6.07) is 11.8. The Bertz CT molecular complexity index is 849. The van der Waals surface area contributed by atoms with Crippen LogP contribution in [0.25, 0.3) is 5.65 Å². The minimum absolute atomic E-state index is 0.268. The standard InChI is InChI=1S/C18H18N2O2/c1-12-8-9-20-16(10-12)19-14(3)17(20)18(21)22-11-15-7-5-4-6-13(15)2/h4-10H,11H2,1-3H3. The van der Waals surface area contributed by atoms with Crippen LogP contribution in [-0.4, -0.2) is 15.4 Å². The molecule has 1 aromatic carbocycles. The van der Waals surface area contributed by atoms with Crippen molar-refractivity contribution in [2.75, 3.05) is 0 Å². The maximum absolute atomic E-state index is 12.4. The Morgan fingerprint density at radius 3 is 2.73 bits per heavy atom. The molecule has 3 rings (SSSR count). The number of fused-ring (bicyclic) bond motifs is 1. The van der Waals surface area contributed by atoms with E-state index in [1.54, 1.807) is 4.40 Å². The van der Waals surface area contributed by atoms with Crippen molar-refractivity contribution in [1.82, 2.24) is 9.38 Å². The number of carbonyl (C=O) groups is 1. The van der Waals surface area contributed by atoms with Gasteiger partial charge >= 0.3 is 5.97 Å². The van der Waals surface area contributed by atoms with E-state index >= 15 is 0 Å². The van der Waals surface area contributed by atoms with Crippen molar-refractivity contribution in [1.29, 1.82) is 0 Å². The predicted octanol–water partition coefficient (Wildman–Crippen LogP) is 3.62. The molecule has 4 nitrogen and oxygen atoms in total. The molecule has 3 aromatic rings. The van der Waals surface area contributed by atoms with Gasteiger partial charge in [-0.15, -0.1) is 0 Å². The second-order valence-electron chi connectivity index (χ2n) is 5.48. The molecule has 0 saturated carbocycles. The summed E-state index contributed by atoms with van der Waals surface area (Å²) in [5.41, 5.74) is 5.17. The molecule has 0 fully saturated rings. The summed E-state index contributed by atoms with van der Waals surface area (Å²) in [6.45, 7) is 6.10. The summed E-state index contributed by atoms with van der Waals surface area (Å²) in [5.74, 6) is -0.350. The van der Waals surface area contributed by atoms with Crippen molar-refractivity contribution in [3.8, 4) is 0 Å².